The fraction of sp³-hybridized carbons (Fsp3) is 1.00. The lowest BCUT2D eigenvalue weighted by atomic mass is 9.75. The average molecular weight is 142 g/mol. The van der Waals surface area contributed by atoms with Gasteiger partial charge in [-0.05, 0) is 24.7 Å². The molecule has 0 N–H and O–H groups in total. The first-order valence-corrected chi connectivity index (χ1v) is 4.14. The number of rotatable bonds is 0. The average Bonchev–Trinajstić information content (AvgIpc) is 1.78. The minimum Gasteiger partial charge on any atom is -0.378 e. The summed E-state index contributed by atoms with van der Waals surface area (Å²) in [5.41, 5.74) is 0.484. The van der Waals surface area contributed by atoms with E-state index in [1.165, 1.54) is 6.42 Å². The van der Waals surface area contributed by atoms with Crippen LogP contribution in [-0.4, -0.2) is 12.7 Å². The molecule has 10 heavy (non-hydrogen) atoms. The molecule has 1 heterocycles. The van der Waals surface area contributed by atoms with Gasteiger partial charge in [-0.15, -0.1) is 0 Å². The topological polar surface area (TPSA) is 9.23 Å². The van der Waals surface area contributed by atoms with Crippen LogP contribution in [0.5, 0.6) is 0 Å². The lowest BCUT2D eigenvalue weighted by Gasteiger charge is -2.39. The second-order valence-corrected chi connectivity index (χ2v) is 4.24. The highest BCUT2D eigenvalue weighted by Crippen LogP contribution is 2.36. The van der Waals surface area contributed by atoms with E-state index in [9.17, 15) is 0 Å². The van der Waals surface area contributed by atoms with E-state index in [1.54, 1.807) is 0 Å². The Morgan fingerprint density at radius 2 is 1.90 bits per heavy atom. The van der Waals surface area contributed by atoms with Crippen LogP contribution >= 0.6 is 0 Å². The number of hydrogen-bond donors (Lipinski definition) is 0. The van der Waals surface area contributed by atoms with Crippen molar-refractivity contribution in [1.29, 1.82) is 0 Å². The van der Waals surface area contributed by atoms with Crippen molar-refractivity contribution >= 4 is 0 Å². The molecule has 0 aromatic rings. The lowest BCUT2D eigenvalue weighted by molar-refractivity contribution is -0.0640. The Morgan fingerprint density at radius 3 is 2.30 bits per heavy atom. The molecule has 1 nitrogen and oxygen atoms in total. The first kappa shape index (κ1) is 8.06. The molecule has 2 atom stereocenters. The summed E-state index contributed by atoms with van der Waals surface area (Å²) in [6, 6.07) is 0. The summed E-state index contributed by atoms with van der Waals surface area (Å²) < 4.78 is 5.53. The van der Waals surface area contributed by atoms with E-state index in [0.717, 1.165) is 6.61 Å². The molecule has 0 saturated carbocycles. The predicted octanol–water partition coefficient (Wildman–Crippen LogP) is 2.46. The maximum atomic E-state index is 5.53. The summed E-state index contributed by atoms with van der Waals surface area (Å²) in [5.74, 6) is 0.712. The Kier molecular flexibility index (Phi) is 2.04. The molecular formula is C9H18O. The minimum absolute atomic E-state index is 0.464. The van der Waals surface area contributed by atoms with E-state index in [4.69, 9.17) is 4.74 Å². The molecule has 1 aliphatic rings. The minimum atomic E-state index is 0.464. The van der Waals surface area contributed by atoms with Crippen molar-refractivity contribution in [3.05, 3.63) is 0 Å². The molecule has 0 spiro atoms. The Bertz CT molecular complexity index is 118. The monoisotopic (exact) mass is 142 g/mol. The summed E-state index contributed by atoms with van der Waals surface area (Å²) in [4.78, 5) is 0. The van der Waals surface area contributed by atoms with E-state index >= 15 is 0 Å². The van der Waals surface area contributed by atoms with Crippen LogP contribution in [0, 0.1) is 11.3 Å². The van der Waals surface area contributed by atoms with Gasteiger partial charge in [0.2, 0.25) is 0 Å². The molecule has 0 aromatic carbocycles. The molecule has 2 unspecified atom stereocenters. The molecule has 0 bridgehead atoms. The summed E-state index contributed by atoms with van der Waals surface area (Å²) >= 11 is 0. The van der Waals surface area contributed by atoms with E-state index in [1.807, 2.05) is 0 Å². The Labute approximate surface area is 63.8 Å². The summed E-state index contributed by atoms with van der Waals surface area (Å²) in [6.07, 6.45) is 1.67. The van der Waals surface area contributed by atoms with Crippen LogP contribution in [0.2, 0.25) is 0 Å². The van der Waals surface area contributed by atoms with Crippen LogP contribution in [0.15, 0.2) is 0 Å². The first-order chi connectivity index (χ1) is 4.52. The van der Waals surface area contributed by atoms with E-state index in [0.29, 0.717) is 17.4 Å². The smallest absolute Gasteiger partial charge is 0.0552 e. The van der Waals surface area contributed by atoms with Gasteiger partial charge in [0.15, 0.2) is 0 Å². The van der Waals surface area contributed by atoms with E-state index in [-0.39, 0.29) is 0 Å². The standard InChI is InChI=1S/C9H18O/c1-7-6-10-8(2)5-9(7,3)4/h7-8H,5-6H2,1-4H3. The molecule has 0 amide bonds. The van der Waals surface area contributed by atoms with Gasteiger partial charge in [-0.1, -0.05) is 20.8 Å². The highest BCUT2D eigenvalue weighted by molar-refractivity contribution is 4.81. The zero-order valence-corrected chi connectivity index (χ0v) is 7.48. The molecule has 1 aliphatic heterocycles. The molecule has 1 rings (SSSR count). The molecule has 1 fully saturated rings. The zero-order chi connectivity index (χ0) is 7.78. The molecular weight excluding hydrogens is 124 g/mol. The van der Waals surface area contributed by atoms with Gasteiger partial charge in [0, 0.05) is 6.61 Å². The van der Waals surface area contributed by atoms with Gasteiger partial charge in [-0.3, -0.25) is 0 Å². The van der Waals surface area contributed by atoms with Gasteiger partial charge in [0.1, 0.15) is 0 Å². The van der Waals surface area contributed by atoms with Crippen LogP contribution in [0.3, 0.4) is 0 Å². The van der Waals surface area contributed by atoms with Crippen LogP contribution in [0.1, 0.15) is 34.1 Å². The fourth-order valence-electron chi connectivity index (χ4n) is 1.54. The summed E-state index contributed by atoms with van der Waals surface area (Å²) in [6.45, 7) is 10.0. The Balaban J connectivity index is 2.55. The van der Waals surface area contributed by atoms with Crippen molar-refractivity contribution < 1.29 is 4.74 Å². The van der Waals surface area contributed by atoms with Crippen molar-refractivity contribution in [2.75, 3.05) is 6.61 Å². The Morgan fingerprint density at radius 1 is 1.30 bits per heavy atom. The van der Waals surface area contributed by atoms with Crippen LogP contribution in [0.4, 0.5) is 0 Å². The van der Waals surface area contributed by atoms with Crippen molar-refractivity contribution in [2.24, 2.45) is 11.3 Å². The summed E-state index contributed by atoms with van der Waals surface area (Å²) in [7, 11) is 0. The third-order valence-corrected chi connectivity index (χ3v) is 2.78. The normalized spacial score (nSPS) is 39.6. The molecule has 1 heteroatoms. The van der Waals surface area contributed by atoms with Gasteiger partial charge >= 0.3 is 0 Å². The highest BCUT2D eigenvalue weighted by Gasteiger charge is 2.32. The van der Waals surface area contributed by atoms with Gasteiger partial charge in [-0.25, -0.2) is 0 Å². The third-order valence-electron chi connectivity index (χ3n) is 2.78. The van der Waals surface area contributed by atoms with Crippen molar-refractivity contribution in [1.82, 2.24) is 0 Å². The highest BCUT2D eigenvalue weighted by atomic mass is 16.5. The maximum absolute atomic E-state index is 5.53. The molecule has 1 saturated heterocycles. The zero-order valence-electron chi connectivity index (χ0n) is 7.48. The van der Waals surface area contributed by atoms with Crippen LogP contribution in [0.25, 0.3) is 0 Å². The fourth-order valence-corrected chi connectivity index (χ4v) is 1.54. The van der Waals surface area contributed by atoms with Gasteiger partial charge in [-0.2, -0.15) is 0 Å². The molecule has 0 radical (unpaired) electrons. The third kappa shape index (κ3) is 1.51. The predicted molar refractivity (Wildman–Crippen MR) is 43.0 cm³/mol. The largest absolute Gasteiger partial charge is 0.378 e. The second-order valence-electron chi connectivity index (χ2n) is 4.24. The van der Waals surface area contributed by atoms with Gasteiger partial charge in [0.25, 0.3) is 0 Å². The SMILES string of the molecule is CC1CC(C)(C)C(C)CO1. The summed E-state index contributed by atoms with van der Waals surface area (Å²) in [5, 5.41) is 0. The van der Waals surface area contributed by atoms with Crippen molar-refractivity contribution in [3.8, 4) is 0 Å². The van der Waals surface area contributed by atoms with Crippen molar-refractivity contribution in [3.63, 3.8) is 0 Å². The quantitative estimate of drug-likeness (QED) is 0.505. The number of ether oxygens (including phenoxy) is 1. The van der Waals surface area contributed by atoms with Crippen LogP contribution in [-0.2, 0) is 4.74 Å². The molecule has 0 aliphatic carbocycles. The molecule has 0 aromatic heterocycles. The van der Waals surface area contributed by atoms with Crippen LogP contribution < -0.4 is 0 Å². The lowest BCUT2D eigenvalue weighted by Crippen LogP contribution is -2.36. The number of hydrogen-bond acceptors (Lipinski definition) is 1. The Hall–Kier alpha value is -0.0400. The van der Waals surface area contributed by atoms with Gasteiger partial charge in [0.05, 0.1) is 6.10 Å². The second kappa shape index (κ2) is 2.54. The van der Waals surface area contributed by atoms with Crippen molar-refractivity contribution in [2.45, 2.75) is 40.2 Å². The van der Waals surface area contributed by atoms with E-state index in [2.05, 4.69) is 27.7 Å². The van der Waals surface area contributed by atoms with E-state index < -0.39 is 0 Å². The first-order valence-electron chi connectivity index (χ1n) is 4.14. The maximum Gasteiger partial charge on any atom is 0.0552 e. The molecule has 60 valence electrons. The van der Waals surface area contributed by atoms with Gasteiger partial charge < -0.3 is 4.74 Å².